The molecule has 1 aromatic heterocycles. The molecule has 0 atom stereocenters. The number of benzene rings is 2. The van der Waals surface area contributed by atoms with Crippen LogP contribution in [0.3, 0.4) is 0 Å². The van der Waals surface area contributed by atoms with E-state index in [0.29, 0.717) is 65.8 Å². The molecule has 9 heteroatoms. The third-order valence-electron chi connectivity index (χ3n) is 5.66. The molecular weight excluding hydrogens is 480 g/mol. The second-order valence-corrected chi connectivity index (χ2v) is 8.89. The number of hydrogen-bond acceptors (Lipinski definition) is 9. The average Bonchev–Trinajstić information content (AvgIpc) is 2.88. The van der Waals surface area contributed by atoms with Gasteiger partial charge in [0, 0.05) is 37.5 Å². The van der Waals surface area contributed by atoms with Crippen LogP contribution in [-0.4, -0.2) is 59.8 Å². The van der Waals surface area contributed by atoms with Crippen LogP contribution in [0.1, 0.15) is 19.4 Å². The number of ether oxygens (including phenoxy) is 7. The van der Waals surface area contributed by atoms with Gasteiger partial charge in [0.1, 0.15) is 34.7 Å². The summed E-state index contributed by atoms with van der Waals surface area (Å²) in [5.41, 5.74) is 1.50. The Morgan fingerprint density at radius 1 is 0.865 bits per heavy atom. The van der Waals surface area contributed by atoms with E-state index in [1.54, 1.807) is 38.5 Å². The molecule has 198 valence electrons. The number of methoxy groups -OCH3 is 2. The molecule has 0 N–H and O–H groups in total. The maximum Gasteiger partial charge on any atom is 0.200 e. The number of fused-ring (bicyclic) bond motifs is 2. The van der Waals surface area contributed by atoms with E-state index in [2.05, 4.69) is 0 Å². The highest BCUT2D eigenvalue weighted by molar-refractivity contribution is 5.85. The van der Waals surface area contributed by atoms with Crippen molar-refractivity contribution in [2.45, 2.75) is 19.4 Å². The summed E-state index contributed by atoms with van der Waals surface area (Å²) in [4.78, 5) is 13.5. The molecule has 0 unspecified atom stereocenters. The van der Waals surface area contributed by atoms with Gasteiger partial charge < -0.3 is 37.6 Å². The van der Waals surface area contributed by atoms with Crippen molar-refractivity contribution < 1.29 is 37.6 Å². The van der Waals surface area contributed by atoms with E-state index in [9.17, 15) is 4.79 Å². The normalized spacial score (nSPS) is 13.8. The van der Waals surface area contributed by atoms with Crippen molar-refractivity contribution in [1.82, 2.24) is 0 Å². The zero-order valence-corrected chi connectivity index (χ0v) is 21.5. The summed E-state index contributed by atoms with van der Waals surface area (Å²) in [6, 6.07) is 8.67. The van der Waals surface area contributed by atoms with Gasteiger partial charge in [-0.2, -0.15) is 0 Å². The molecule has 0 bridgehead atoms. The molecular formula is C28H32O9. The van der Waals surface area contributed by atoms with Gasteiger partial charge in [0.25, 0.3) is 0 Å². The lowest BCUT2D eigenvalue weighted by molar-refractivity contribution is -0.00854. The van der Waals surface area contributed by atoms with E-state index in [0.717, 1.165) is 5.56 Å². The van der Waals surface area contributed by atoms with E-state index < -0.39 is 5.60 Å². The Kier molecular flexibility index (Phi) is 8.83. The van der Waals surface area contributed by atoms with E-state index in [4.69, 9.17) is 37.6 Å². The standard InChI is InChI=1S/C28H32O9/c1-28(2)8-7-19-13-22(26(15-24(19)37-28)36-18-33-12-10-31-4)23-16-34-25-14-20(5-6-21(25)27(23)29)35-17-32-11-9-30-3/h5-8,13-16H,9-12,17-18H2,1-4H3. The molecule has 1 aliphatic rings. The third-order valence-corrected chi connectivity index (χ3v) is 5.66. The van der Waals surface area contributed by atoms with Gasteiger partial charge in [-0.25, -0.2) is 0 Å². The Morgan fingerprint density at radius 3 is 2.32 bits per heavy atom. The Bertz CT molecular complexity index is 1290. The van der Waals surface area contributed by atoms with E-state index in [1.165, 1.54) is 6.26 Å². The summed E-state index contributed by atoms with van der Waals surface area (Å²) in [5.74, 6) is 1.63. The second kappa shape index (κ2) is 12.2. The molecule has 0 saturated heterocycles. The van der Waals surface area contributed by atoms with Crippen LogP contribution in [0.2, 0.25) is 0 Å². The fraction of sp³-hybridized carbons (Fsp3) is 0.393. The summed E-state index contributed by atoms with van der Waals surface area (Å²) in [6.07, 6.45) is 5.38. The van der Waals surface area contributed by atoms with Crippen molar-refractivity contribution in [3.05, 3.63) is 58.5 Å². The van der Waals surface area contributed by atoms with Crippen LogP contribution in [0.5, 0.6) is 17.2 Å². The topological polar surface area (TPSA) is 94.8 Å². The predicted molar refractivity (Wildman–Crippen MR) is 138 cm³/mol. The van der Waals surface area contributed by atoms with Crippen molar-refractivity contribution in [2.75, 3.05) is 54.2 Å². The van der Waals surface area contributed by atoms with Crippen molar-refractivity contribution in [3.63, 3.8) is 0 Å². The lowest BCUT2D eigenvalue weighted by atomic mass is 9.97. The fourth-order valence-electron chi connectivity index (χ4n) is 3.74. The van der Waals surface area contributed by atoms with Crippen molar-refractivity contribution in [3.8, 4) is 28.4 Å². The lowest BCUT2D eigenvalue weighted by Crippen LogP contribution is -2.27. The van der Waals surface area contributed by atoms with Crippen molar-refractivity contribution in [2.24, 2.45) is 0 Å². The van der Waals surface area contributed by atoms with Gasteiger partial charge in [-0.3, -0.25) is 4.79 Å². The maximum atomic E-state index is 13.5. The molecule has 0 spiro atoms. The van der Waals surface area contributed by atoms with Crippen LogP contribution < -0.4 is 19.6 Å². The highest BCUT2D eigenvalue weighted by Gasteiger charge is 2.25. The van der Waals surface area contributed by atoms with Crippen LogP contribution in [0.15, 0.2) is 51.9 Å². The Morgan fingerprint density at radius 2 is 1.59 bits per heavy atom. The van der Waals surface area contributed by atoms with Gasteiger partial charge in [0.15, 0.2) is 13.6 Å². The minimum Gasteiger partial charge on any atom is -0.483 e. The van der Waals surface area contributed by atoms with E-state index in [1.807, 2.05) is 32.1 Å². The summed E-state index contributed by atoms with van der Waals surface area (Å²) >= 11 is 0. The van der Waals surface area contributed by atoms with Gasteiger partial charge >= 0.3 is 0 Å². The molecule has 0 aliphatic carbocycles. The smallest absolute Gasteiger partial charge is 0.200 e. The molecule has 1 aliphatic heterocycles. The molecule has 0 radical (unpaired) electrons. The first-order chi connectivity index (χ1) is 17.9. The third kappa shape index (κ3) is 6.69. The Balaban J connectivity index is 1.64. The molecule has 0 saturated carbocycles. The molecule has 0 amide bonds. The van der Waals surface area contributed by atoms with Gasteiger partial charge in [0.05, 0.1) is 37.4 Å². The van der Waals surface area contributed by atoms with Gasteiger partial charge in [-0.15, -0.1) is 0 Å². The quantitative estimate of drug-likeness (QED) is 0.240. The van der Waals surface area contributed by atoms with Crippen LogP contribution in [-0.2, 0) is 18.9 Å². The van der Waals surface area contributed by atoms with Crippen LogP contribution >= 0.6 is 0 Å². The molecule has 37 heavy (non-hydrogen) atoms. The second-order valence-electron chi connectivity index (χ2n) is 8.89. The largest absolute Gasteiger partial charge is 0.483 e. The minimum absolute atomic E-state index is 0.0134. The van der Waals surface area contributed by atoms with Crippen molar-refractivity contribution in [1.29, 1.82) is 0 Å². The van der Waals surface area contributed by atoms with Crippen LogP contribution in [0.4, 0.5) is 0 Å². The van der Waals surface area contributed by atoms with Gasteiger partial charge in [0.2, 0.25) is 5.43 Å². The van der Waals surface area contributed by atoms with Gasteiger partial charge in [-0.05, 0) is 38.1 Å². The minimum atomic E-state index is -0.461. The SMILES string of the molecule is COCCOCOc1ccc2c(=O)c(-c3cc4c(cc3OCOCCOC)OC(C)(C)C=C4)coc2c1. The Hall–Kier alpha value is -3.37. The lowest BCUT2D eigenvalue weighted by Gasteiger charge is -2.28. The first kappa shape index (κ1) is 26.7. The molecule has 0 fully saturated rings. The molecule has 4 rings (SSSR count). The molecule has 2 heterocycles. The molecule has 3 aromatic rings. The summed E-state index contributed by atoms with van der Waals surface area (Å²) in [6.45, 7) is 5.71. The maximum absolute atomic E-state index is 13.5. The van der Waals surface area contributed by atoms with E-state index in [-0.39, 0.29) is 19.0 Å². The van der Waals surface area contributed by atoms with E-state index >= 15 is 0 Å². The summed E-state index contributed by atoms with van der Waals surface area (Å²) < 4.78 is 44.2. The molecule has 2 aromatic carbocycles. The highest BCUT2D eigenvalue weighted by atomic mass is 16.7. The summed E-state index contributed by atoms with van der Waals surface area (Å²) in [7, 11) is 3.20. The first-order valence-corrected chi connectivity index (χ1v) is 11.9. The summed E-state index contributed by atoms with van der Waals surface area (Å²) in [5, 5.41) is 0.415. The zero-order chi connectivity index (χ0) is 26.3. The van der Waals surface area contributed by atoms with Crippen molar-refractivity contribution >= 4 is 17.0 Å². The zero-order valence-electron chi connectivity index (χ0n) is 21.5. The van der Waals surface area contributed by atoms with Crippen LogP contribution in [0, 0.1) is 0 Å². The number of rotatable bonds is 13. The van der Waals surface area contributed by atoms with Gasteiger partial charge in [-0.1, -0.05) is 6.08 Å². The average molecular weight is 513 g/mol. The molecule has 9 nitrogen and oxygen atoms in total. The first-order valence-electron chi connectivity index (χ1n) is 11.9. The van der Waals surface area contributed by atoms with Crippen LogP contribution in [0.25, 0.3) is 28.2 Å². The predicted octanol–water partition coefficient (Wildman–Crippen LogP) is 4.64. The highest BCUT2D eigenvalue weighted by Crippen LogP contribution is 2.40. The monoisotopic (exact) mass is 512 g/mol. The fourth-order valence-corrected chi connectivity index (χ4v) is 3.74. The number of hydrogen-bond donors (Lipinski definition) is 0. The Labute approximate surface area is 215 Å².